The Hall–Kier alpha value is -2.48. The Balaban J connectivity index is 1.73. The van der Waals surface area contributed by atoms with E-state index in [9.17, 15) is 22.0 Å². The molecule has 0 bridgehead atoms. The van der Waals surface area contributed by atoms with Gasteiger partial charge in [0.15, 0.2) is 0 Å². The van der Waals surface area contributed by atoms with Crippen molar-refractivity contribution >= 4 is 27.1 Å². The molecule has 3 rings (SSSR count). The number of hydrogen-bond acceptors (Lipinski definition) is 4. The van der Waals surface area contributed by atoms with Gasteiger partial charge in [0.25, 0.3) is 5.91 Å². The Kier molecular flexibility index (Phi) is 5.46. The second-order valence-electron chi connectivity index (χ2n) is 6.48. The molecule has 27 heavy (non-hydrogen) atoms. The molecular formula is C19H20F2N2O3S. The van der Waals surface area contributed by atoms with E-state index in [0.717, 1.165) is 36.5 Å². The molecule has 1 N–H and O–H groups in total. The number of halogens is 2. The van der Waals surface area contributed by atoms with Crippen LogP contribution in [0.15, 0.2) is 47.4 Å². The number of hydrogen-bond donors (Lipinski definition) is 1. The normalized spacial score (nSPS) is 14.6. The van der Waals surface area contributed by atoms with Gasteiger partial charge in [-0.3, -0.25) is 4.79 Å². The Morgan fingerprint density at radius 2 is 1.70 bits per heavy atom. The molecule has 2 aromatic rings. The fourth-order valence-corrected chi connectivity index (χ4v) is 3.87. The van der Waals surface area contributed by atoms with Gasteiger partial charge in [0, 0.05) is 30.0 Å². The third kappa shape index (κ3) is 4.10. The molecule has 1 aliphatic rings. The highest BCUT2D eigenvalue weighted by molar-refractivity contribution is 7.91. The van der Waals surface area contributed by atoms with E-state index in [1.807, 2.05) is 25.1 Å². The topological polar surface area (TPSA) is 66.5 Å². The molecule has 2 aromatic carbocycles. The molecule has 1 amide bonds. The average molecular weight is 394 g/mol. The summed E-state index contributed by atoms with van der Waals surface area (Å²) in [6.07, 6.45) is 2.35. The van der Waals surface area contributed by atoms with E-state index in [1.165, 1.54) is 25.0 Å². The van der Waals surface area contributed by atoms with E-state index in [-0.39, 0.29) is 5.56 Å². The van der Waals surface area contributed by atoms with Crippen LogP contribution in [0, 0.1) is 6.92 Å². The first-order valence-corrected chi connectivity index (χ1v) is 10.1. The van der Waals surface area contributed by atoms with E-state index in [2.05, 4.69) is 10.2 Å². The average Bonchev–Trinajstić information content (AvgIpc) is 3.16. The summed E-state index contributed by atoms with van der Waals surface area (Å²) in [6.45, 7) is 4.04. The van der Waals surface area contributed by atoms with Gasteiger partial charge in [-0.15, -0.1) is 0 Å². The number of rotatable bonds is 5. The highest BCUT2D eigenvalue weighted by Gasteiger charge is 2.26. The molecular weight excluding hydrogens is 374 g/mol. The summed E-state index contributed by atoms with van der Waals surface area (Å²) in [7, 11) is -4.67. The van der Waals surface area contributed by atoms with Crippen LogP contribution >= 0.6 is 0 Å². The highest BCUT2D eigenvalue weighted by atomic mass is 32.2. The van der Waals surface area contributed by atoms with Crippen molar-refractivity contribution in [2.45, 2.75) is 30.4 Å². The zero-order valence-corrected chi connectivity index (χ0v) is 15.6. The van der Waals surface area contributed by atoms with E-state index in [1.54, 1.807) is 0 Å². The Bertz CT molecular complexity index is 938. The Labute approximate surface area is 156 Å². The van der Waals surface area contributed by atoms with Crippen LogP contribution in [-0.4, -0.2) is 33.2 Å². The maximum Gasteiger partial charge on any atom is 0.341 e. The van der Waals surface area contributed by atoms with Gasteiger partial charge in [0.2, 0.25) is 9.84 Å². The van der Waals surface area contributed by atoms with E-state index >= 15 is 0 Å². The molecule has 144 valence electrons. The number of sulfone groups is 1. The van der Waals surface area contributed by atoms with E-state index in [0.29, 0.717) is 5.69 Å². The molecule has 1 heterocycles. The molecule has 1 aliphatic heterocycles. The lowest BCUT2D eigenvalue weighted by Crippen LogP contribution is -2.19. The van der Waals surface area contributed by atoms with Crippen LogP contribution in [-0.2, 0) is 9.84 Å². The smallest absolute Gasteiger partial charge is 0.341 e. The molecule has 5 nitrogen and oxygen atoms in total. The number of nitrogens with zero attached hydrogens (tertiary/aromatic N) is 1. The van der Waals surface area contributed by atoms with E-state index < -0.39 is 26.4 Å². The molecule has 0 unspecified atom stereocenters. The first kappa shape index (κ1) is 19.3. The van der Waals surface area contributed by atoms with Crippen LogP contribution in [0.3, 0.4) is 0 Å². The first-order chi connectivity index (χ1) is 12.8. The first-order valence-electron chi connectivity index (χ1n) is 8.58. The Morgan fingerprint density at radius 1 is 1.07 bits per heavy atom. The number of carbonyl (C=O) groups is 1. The van der Waals surface area contributed by atoms with Gasteiger partial charge in [-0.1, -0.05) is 0 Å². The van der Waals surface area contributed by atoms with Gasteiger partial charge in [0.05, 0.1) is 4.90 Å². The van der Waals surface area contributed by atoms with Crippen molar-refractivity contribution in [3.05, 3.63) is 53.6 Å². The molecule has 0 aromatic heterocycles. The van der Waals surface area contributed by atoms with Crippen molar-refractivity contribution < 1.29 is 22.0 Å². The van der Waals surface area contributed by atoms with Gasteiger partial charge >= 0.3 is 5.76 Å². The molecule has 0 radical (unpaired) electrons. The third-order valence-electron chi connectivity index (χ3n) is 4.58. The number of alkyl halides is 2. The van der Waals surface area contributed by atoms with Crippen molar-refractivity contribution in [1.82, 2.24) is 0 Å². The van der Waals surface area contributed by atoms with Gasteiger partial charge in [-0.2, -0.15) is 8.78 Å². The lowest BCUT2D eigenvalue weighted by Gasteiger charge is -2.20. The number of anilines is 2. The summed E-state index contributed by atoms with van der Waals surface area (Å²) in [5.41, 5.74) is 2.99. The summed E-state index contributed by atoms with van der Waals surface area (Å²) in [6, 6.07) is 10.1. The lowest BCUT2D eigenvalue weighted by atomic mass is 10.1. The summed E-state index contributed by atoms with van der Waals surface area (Å²) in [5, 5.41) is 2.74. The minimum atomic E-state index is -4.67. The largest absolute Gasteiger partial charge is 0.371 e. The number of amides is 1. The molecule has 1 saturated heterocycles. The van der Waals surface area contributed by atoms with Gasteiger partial charge in [-0.05, 0) is 67.8 Å². The van der Waals surface area contributed by atoms with Crippen LogP contribution in [0.2, 0.25) is 0 Å². The van der Waals surface area contributed by atoms with Gasteiger partial charge in [-0.25, -0.2) is 8.42 Å². The molecule has 0 atom stereocenters. The van der Waals surface area contributed by atoms with Crippen molar-refractivity contribution in [2.24, 2.45) is 0 Å². The molecule has 8 heteroatoms. The summed E-state index contributed by atoms with van der Waals surface area (Å²) in [4.78, 5) is 14.1. The predicted octanol–water partition coefficient (Wildman–Crippen LogP) is 3.84. The van der Waals surface area contributed by atoms with Crippen LogP contribution < -0.4 is 10.2 Å². The zero-order valence-electron chi connectivity index (χ0n) is 14.8. The third-order valence-corrected chi connectivity index (χ3v) is 5.98. The van der Waals surface area contributed by atoms with Gasteiger partial charge in [0.1, 0.15) is 0 Å². The standard InChI is InChI=1S/C19H20F2N2O3S/c1-13-12-15(6-9-17(13)23-10-2-3-11-23)22-18(24)14-4-7-16(8-5-14)27(25,26)19(20)21/h4-9,12,19H,2-3,10-11H2,1H3,(H,22,24). The van der Waals surface area contributed by atoms with Crippen LogP contribution in [0.5, 0.6) is 0 Å². The second kappa shape index (κ2) is 7.64. The maximum atomic E-state index is 12.6. The fraction of sp³-hybridized carbons (Fsp3) is 0.316. The summed E-state index contributed by atoms with van der Waals surface area (Å²) < 4.78 is 48.0. The molecule has 0 aliphatic carbocycles. The monoisotopic (exact) mass is 394 g/mol. The second-order valence-corrected chi connectivity index (χ2v) is 8.40. The van der Waals surface area contributed by atoms with E-state index in [4.69, 9.17) is 0 Å². The predicted molar refractivity (Wildman–Crippen MR) is 100 cm³/mol. The summed E-state index contributed by atoms with van der Waals surface area (Å²) >= 11 is 0. The van der Waals surface area contributed by atoms with Crippen molar-refractivity contribution in [1.29, 1.82) is 0 Å². The van der Waals surface area contributed by atoms with Crippen molar-refractivity contribution in [2.75, 3.05) is 23.3 Å². The number of benzene rings is 2. The minimum Gasteiger partial charge on any atom is -0.371 e. The summed E-state index contributed by atoms with van der Waals surface area (Å²) in [5.74, 6) is -3.93. The molecule has 0 saturated carbocycles. The fourth-order valence-electron chi connectivity index (χ4n) is 3.15. The zero-order chi connectivity index (χ0) is 19.6. The molecule has 0 spiro atoms. The van der Waals surface area contributed by atoms with Crippen LogP contribution in [0.1, 0.15) is 28.8 Å². The van der Waals surface area contributed by atoms with Crippen LogP contribution in [0.4, 0.5) is 20.2 Å². The number of carbonyl (C=O) groups excluding carboxylic acids is 1. The van der Waals surface area contributed by atoms with Gasteiger partial charge < -0.3 is 10.2 Å². The Morgan fingerprint density at radius 3 is 2.26 bits per heavy atom. The van der Waals surface area contributed by atoms with Crippen molar-refractivity contribution in [3.8, 4) is 0 Å². The lowest BCUT2D eigenvalue weighted by molar-refractivity contribution is 0.102. The van der Waals surface area contributed by atoms with Crippen molar-refractivity contribution in [3.63, 3.8) is 0 Å². The minimum absolute atomic E-state index is 0.185. The maximum absolute atomic E-state index is 12.6. The number of nitrogens with one attached hydrogen (secondary N) is 1. The van der Waals surface area contributed by atoms with Crippen LogP contribution in [0.25, 0.3) is 0 Å². The number of aryl methyl sites for hydroxylation is 1. The molecule has 1 fully saturated rings. The quantitative estimate of drug-likeness (QED) is 0.837. The highest BCUT2D eigenvalue weighted by Crippen LogP contribution is 2.27. The SMILES string of the molecule is Cc1cc(NC(=O)c2ccc(S(=O)(=O)C(F)F)cc2)ccc1N1CCCC1.